The van der Waals surface area contributed by atoms with Crippen molar-refractivity contribution in [2.45, 2.75) is 0 Å². The molecule has 0 radical (unpaired) electrons. The molecule has 0 atom stereocenters. The quantitative estimate of drug-likeness (QED) is 0.595. The maximum Gasteiger partial charge on any atom is 0.0795 e. The molecule has 1 aromatic heterocycles. The van der Waals surface area contributed by atoms with Gasteiger partial charge in [-0.25, -0.2) is 0 Å². The van der Waals surface area contributed by atoms with Gasteiger partial charge in [-0.1, -0.05) is 18.7 Å². The van der Waals surface area contributed by atoms with E-state index in [1.54, 1.807) is 0 Å². The summed E-state index contributed by atoms with van der Waals surface area (Å²) in [6.07, 6.45) is 1.83. The number of aromatic amines is 2. The zero-order chi connectivity index (χ0) is 6.97. The molecule has 0 saturated heterocycles. The van der Waals surface area contributed by atoms with E-state index >= 15 is 0 Å². The summed E-state index contributed by atoms with van der Waals surface area (Å²) < 4.78 is 0. The third-order valence-corrected chi connectivity index (χ3v) is 1.61. The molecule has 2 rings (SSSR count). The van der Waals surface area contributed by atoms with E-state index in [1.165, 1.54) is 0 Å². The van der Waals surface area contributed by atoms with E-state index in [-0.39, 0.29) is 0 Å². The summed E-state index contributed by atoms with van der Waals surface area (Å²) >= 11 is 0. The molecule has 0 amide bonds. The van der Waals surface area contributed by atoms with Crippen LogP contribution in [0, 0.1) is 0 Å². The van der Waals surface area contributed by atoms with Crippen LogP contribution >= 0.6 is 0 Å². The van der Waals surface area contributed by atoms with E-state index in [0.717, 1.165) is 16.6 Å². The fourth-order valence-corrected chi connectivity index (χ4v) is 0.973. The van der Waals surface area contributed by atoms with Crippen molar-refractivity contribution in [3.63, 3.8) is 0 Å². The number of rotatable bonds is 1. The monoisotopic (exact) mass is 132 g/mol. The van der Waals surface area contributed by atoms with Crippen LogP contribution in [-0.2, 0) is 0 Å². The van der Waals surface area contributed by atoms with Crippen molar-refractivity contribution in [1.29, 1.82) is 0 Å². The lowest BCUT2D eigenvalue weighted by Gasteiger charge is -2.02. The van der Waals surface area contributed by atoms with Crippen LogP contribution in [0.15, 0.2) is 24.8 Å². The molecular weight excluding hydrogens is 124 g/mol. The molecule has 2 nitrogen and oxygen atoms in total. The van der Waals surface area contributed by atoms with Crippen LogP contribution in [0.5, 0.6) is 0 Å². The second kappa shape index (κ2) is 1.77. The highest BCUT2D eigenvalue weighted by molar-refractivity contribution is 5.78. The van der Waals surface area contributed by atoms with Gasteiger partial charge in [0.05, 0.1) is 11.0 Å². The minimum absolute atomic E-state index is 1.15. The molecule has 0 spiro atoms. The minimum atomic E-state index is 1.15. The Morgan fingerprint density at radius 2 is 2.00 bits per heavy atom. The van der Waals surface area contributed by atoms with Gasteiger partial charge in [0.1, 0.15) is 0 Å². The van der Waals surface area contributed by atoms with Crippen LogP contribution in [-0.4, -0.2) is 10.2 Å². The highest BCUT2D eigenvalue weighted by Crippen LogP contribution is 2.12. The summed E-state index contributed by atoms with van der Waals surface area (Å²) in [6, 6.07) is 6.11. The normalized spacial score (nSPS) is 10.4. The first-order valence-corrected chi connectivity index (χ1v) is 3.18. The smallest absolute Gasteiger partial charge is 0.0795 e. The van der Waals surface area contributed by atoms with Crippen LogP contribution in [0.25, 0.3) is 17.1 Å². The summed E-state index contributed by atoms with van der Waals surface area (Å²) in [5.74, 6) is 0. The van der Waals surface area contributed by atoms with Gasteiger partial charge in [0.15, 0.2) is 0 Å². The predicted molar refractivity (Wildman–Crippen MR) is 42.7 cm³/mol. The van der Waals surface area contributed by atoms with E-state index in [4.69, 9.17) is 0 Å². The van der Waals surface area contributed by atoms with Crippen molar-refractivity contribution in [3.05, 3.63) is 30.3 Å². The number of aromatic nitrogens is 2. The summed E-state index contributed by atoms with van der Waals surface area (Å²) in [5.41, 5.74) is 3.45. The van der Waals surface area contributed by atoms with Gasteiger partial charge in [-0.2, -0.15) is 0 Å². The number of hydrogen-bond acceptors (Lipinski definition) is 0. The van der Waals surface area contributed by atoms with Gasteiger partial charge >= 0.3 is 0 Å². The number of nitrogens with one attached hydrogen (secondary N) is 2. The lowest BCUT2D eigenvalue weighted by molar-refractivity contribution is 1.07. The summed E-state index contributed by atoms with van der Waals surface area (Å²) in [7, 11) is 0. The first kappa shape index (κ1) is 5.35. The second-order valence-corrected chi connectivity index (χ2v) is 2.26. The topological polar surface area (TPSA) is 31.6 Å². The van der Waals surface area contributed by atoms with Gasteiger partial charge in [0.2, 0.25) is 0 Å². The predicted octanol–water partition coefficient (Wildman–Crippen LogP) is 2.14. The first-order valence-electron chi connectivity index (χ1n) is 3.18. The van der Waals surface area contributed by atoms with Crippen LogP contribution in [0.1, 0.15) is 5.56 Å². The molecule has 10 heavy (non-hydrogen) atoms. The number of fused-ring (bicyclic) bond motifs is 1. The third-order valence-electron chi connectivity index (χ3n) is 1.61. The molecule has 0 unspecified atom stereocenters. The highest BCUT2D eigenvalue weighted by Gasteiger charge is 1.94. The molecule has 2 aromatic rings. The highest BCUT2D eigenvalue weighted by atomic mass is 15.1. The van der Waals surface area contributed by atoms with Crippen molar-refractivity contribution in [2.24, 2.45) is 0 Å². The molecule has 2 N–H and O–H groups in total. The van der Waals surface area contributed by atoms with E-state index in [1.807, 2.05) is 18.2 Å². The van der Waals surface area contributed by atoms with Crippen molar-refractivity contribution in [2.75, 3.05) is 0 Å². The molecule has 0 aliphatic heterocycles. The molecule has 0 aliphatic rings. The Kier molecular flexibility index (Phi) is 0.947. The standard InChI is InChI=1S/C8H8N2/c1-2-6-3-4-7-8(5-6)10-9-7/h2-5,9-10H,1H2. The number of hydrogen-bond donors (Lipinski definition) is 2. The van der Waals surface area contributed by atoms with Crippen LogP contribution in [0.2, 0.25) is 0 Å². The van der Waals surface area contributed by atoms with Gasteiger partial charge in [0.25, 0.3) is 0 Å². The number of H-pyrrole nitrogens is 2. The molecule has 0 aliphatic carbocycles. The van der Waals surface area contributed by atoms with Crippen LogP contribution in [0.3, 0.4) is 0 Å². The summed E-state index contributed by atoms with van der Waals surface area (Å²) in [6.45, 7) is 3.68. The first-order chi connectivity index (χ1) is 4.90. The van der Waals surface area contributed by atoms with Gasteiger partial charge in [0, 0.05) is 0 Å². The Labute approximate surface area is 58.5 Å². The molecule has 1 aromatic carbocycles. The van der Waals surface area contributed by atoms with Gasteiger partial charge in [-0.05, 0) is 17.7 Å². The van der Waals surface area contributed by atoms with Crippen molar-refractivity contribution in [3.8, 4) is 0 Å². The SMILES string of the molecule is C=Cc1ccc2[nH][nH]c2c1. The summed E-state index contributed by atoms with van der Waals surface area (Å²) in [4.78, 5) is 0. The maximum absolute atomic E-state index is 3.68. The summed E-state index contributed by atoms with van der Waals surface area (Å²) in [5, 5.41) is 5.92. The Morgan fingerprint density at radius 1 is 1.20 bits per heavy atom. The lowest BCUT2D eigenvalue weighted by Crippen LogP contribution is -1.90. The van der Waals surface area contributed by atoms with Gasteiger partial charge < -0.3 is 0 Å². The molecule has 1 heterocycles. The fourth-order valence-electron chi connectivity index (χ4n) is 0.973. The Balaban J connectivity index is 2.67. The van der Waals surface area contributed by atoms with Crippen LogP contribution in [0.4, 0.5) is 0 Å². The third kappa shape index (κ3) is 0.589. The van der Waals surface area contributed by atoms with Crippen LogP contribution < -0.4 is 0 Å². The fraction of sp³-hybridized carbons (Fsp3) is 0. The number of benzene rings is 1. The minimum Gasteiger partial charge on any atom is -0.299 e. The molecule has 50 valence electrons. The van der Waals surface area contributed by atoms with Crippen molar-refractivity contribution in [1.82, 2.24) is 10.2 Å². The Morgan fingerprint density at radius 3 is 2.50 bits per heavy atom. The zero-order valence-corrected chi connectivity index (χ0v) is 5.52. The van der Waals surface area contributed by atoms with E-state index in [2.05, 4.69) is 22.8 Å². The van der Waals surface area contributed by atoms with Gasteiger partial charge in [-0.3, -0.25) is 10.2 Å². The molecule has 0 fully saturated rings. The molecule has 0 bridgehead atoms. The molecule has 0 saturated carbocycles. The van der Waals surface area contributed by atoms with Crippen molar-refractivity contribution < 1.29 is 0 Å². The van der Waals surface area contributed by atoms with E-state index < -0.39 is 0 Å². The average molecular weight is 132 g/mol. The van der Waals surface area contributed by atoms with Gasteiger partial charge in [-0.15, -0.1) is 0 Å². The van der Waals surface area contributed by atoms with Crippen molar-refractivity contribution >= 4 is 17.1 Å². The van der Waals surface area contributed by atoms with E-state index in [0.29, 0.717) is 0 Å². The average Bonchev–Trinajstić information content (AvgIpc) is 1.92. The zero-order valence-electron chi connectivity index (χ0n) is 5.52. The molecular formula is C8H8N2. The Bertz CT molecular complexity index is 354. The largest absolute Gasteiger partial charge is 0.299 e. The second-order valence-electron chi connectivity index (χ2n) is 2.26. The molecule has 2 heteroatoms. The lowest BCUT2D eigenvalue weighted by atomic mass is 10.2. The van der Waals surface area contributed by atoms with E-state index in [9.17, 15) is 0 Å². The maximum atomic E-state index is 3.68. The Hall–Kier alpha value is -1.44.